The molecule has 2 saturated carbocycles. The van der Waals surface area contributed by atoms with Crippen molar-refractivity contribution in [2.24, 2.45) is 17.8 Å². The van der Waals surface area contributed by atoms with Gasteiger partial charge in [0.2, 0.25) is 27.7 Å². The maximum atomic E-state index is 14.7. The first kappa shape index (κ1) is 39.5. The normalized spacial score (nSPS) is 30.9. The molecule has 2 aromatic rings. The van der Waals surface area contributed by atoms with Crippen LogP contribution in [0.1, 0.15) is 79.6 Å². The van der Waals surface area contributed by atoms with Crippen LogP contribution in [-0.2, 0) is 29.1 Å². The second-order valence-electron chi connectivity index (χ2n) is 16.6. The molecule has 0 unspecified atom stereocenters. The number of alkyl halides is 2. The number of benzene rings is 1. The van der Waals surface area contributed by atoms with Crippen LogP contribution in [0.5, 0.6) is 17.4 Å². The van der Waals surface area contributed by atoms with Crippen LogP contribution in [-0.4, -0.2) is 89.5 Å². The number of nitrogens with one attached hydrogen (secondary N) is 3. The number of allylic oxidation sites excluding steroid dienone is 1. The van der Waals surface area contributed by atoms with Crippen LogP contribution in [0.2, 0.25) is 0 Å². The Labute approximate surface area is 323 Å². The van der Waals surface area contributed by atoms with E-state index in [9.17, 15) is 36.4 Å². The Kier molecular flexibility index (Phi) is 10.1. The van der Waals surface area contributed by atoms with Crippen LogP contribution in [0.25, 0.3) is 10.8 Å². The number of hydrogen-bond acceptors (Lipinski definition) is 11. The molecule has 18 heteroatoms. The van der Waals surface area contributed by atoms with Crippen LogP contribution in [0.15, 0.2) is 36.5 Å². The standard InChI is InChI=1S/C38H47F2N5O10S/c1-20-8-6-7-9-22-18-37(22,34(48)44-56(50,51)24-10-11-24)43-31(46)27-17-23(19-45(27)33(47)29(21(2)16-20)42-35(49)55-36(3,4)5)52-32-26-12-13-28-30(25(26)14-15-41-32)54-38(39,40)53-28/h7,9,12-15,20-24,27,29H,6,8,10-11,16-19H2,1-5H3,(H,42,49)(H,43,46)(H,44,48)/b9-7-/t20-,21-,22-,23-,27+,29+,37-/m1/s1. The summed E-state index contributed by atoms with van der Waals surface area (Å²) in [6.07, 6.45) is 2.32. The van der Waals surface area contributed by atoms with Gasteiger partial charge in [0.25, 0.3) is 5.91 Å². The van der Waals surface area contributed by atoms with Crippen molar-refractivity contribution in [2.75, 3.05) is 6.54 Å². The minimum absolute atomic E-state index is 0.0175. The lowest BCUT2D eigenvalue weighted by atomic mass is 9.88. The molecular formula is C38H47F2N5O10S. The Balaban J connectivity index is 1.22. The number of fused-ring (bicyclic) bond motifs is 5. The molecule has 56 heavy (non-hydrogen) atoms. The molecule has 1 aromatic heterocycles. The van der Waals surface area contributed by atoms with Crippen molar-refractivity contribution in [1.82, 2.24) is 25.2 Å². The molecule has 4 amide bonds. The molecule has 15 nitrogen and oxygen atoms in total. The highest BCUT2D eigenvalue weighted by molar-refractivity contribution is 7.91. The zero-order valence-electron chi connectivity index (χ0n) is 31.8. The highest BCUT2D eigenvalue weighted by Gasteiger charge is 2.62. The summed E-state index contributed by atoms with van der Waals surface area (Å²) in [5.41, 5.74) is -2.45. The maximum Gasteiger partial charge on any atom is 0.586 e. The van der Waals surface area contributed by atoms with E-state index in [2.05, 4.69) is 25.1 Å². The van der Waals surface area contributed by atoms with E-state index in [1.165, 1.54) is 29.3 Å². The number of rotatable bonds is 6. The molecule has 7 atom stereocenters. The highest BCUT2D eigenvalue weighted by atomic mass is 32.2. The van der Waals surface area contributed by atoms with Gasteiger partial charge in [0.05, 0.1) is 11.8 Å². The van der Waals surface area contributed by atoms with Crippen molar-refractivity contribution in [3.05, 3.63) is 36.5 Å². The summed E-state index contributed by atoms with van der Waals surface area (Å²) in [5.74, 6) is -3.33. The molecule has 1 aromatic carbocycles. The van der Waals surface area contributed by atoms with E-state index in [4.69, 9.17) is 14.2 Å². The third-order valence-corrected chi connectivity index (χ3v) is 12.7. The molecule has 5 aliphatic rings. The van der Waals surface area contributed by atoms with Gasteiger partial charge in [-0.3, -0.25) is 19.1 Å². The summed E-state index contributed by atoms with van der Waals surface area (Å²) >= 11 is 0. The molecular weight excluding hydrogens is 757 g/mol. The molecule has 3 N–H and O–H groups in total. The maximum absolute atomic E-state index is 14.7. The van der Waals surface area contributed by atoms with Gasteiger partial charge in [0, 0.05) is 29.3 Å². The Morgan fingerprint density at radius 3 is 2.52 bits per heavy atom. The minimum Gasteiger partial charge on any atom is -0.472 e. The topological polar surface area (TPSA) is 192 Å². The molecule has 1 saturated heterocycles. The summed E-state index contributed by atoms with van der Waals surface area (Å²) in [5, 5.41) is 5.44. The van der Waals surface area contributed by atoms with E-state index in [0.29, 0.717) is 31.1 Å². The van der Waals surface area contributed by atoms with Crippen molar-refractivity contribution >= 4 is 44.6 Å². The number of nitrogens with zero attached hydrogens (tertiary/aromatic N) is 2. The third kappa shape index (κ3) is 8.20. The summed E-state index contributed by atoms with van der Waals surface area (Å²) in [7, 11) is -3.95. The molecule has 0 bridgehead atoms. The number of sulfonamides is 1. The van der Waals surface area contributed by atoms with Gasteiger partial charge in [-0.15, -0.1) is 8.78 Å². The van der Waals surface area contributed by atoms with Crippen LogP contribution < -0.4 is 29.6 Å². The molecule has 7 rings (SSSR count). The first-order valence-corrected chi connectivity index (χ1v) is 20.5. The summed E-state index contributed by atoms with van der Waals surface area (Å²) < 4.78 is 77.1. The van der Waals surface area contributed by atoms with Crippen molar-refractivity contribution in [3.8, 4) is 17.4 Å². The lowest BCUT2D eigenvalue weighted by Gasteiger charge is -2.33. The minimum atomic E-state index is -3.95. The van der Waals surface area contributed by atoms with Crippen LogP contribution >= 0.6 is 0 Å². The first-order chi connectivity index (χ1) is 26.2. The monoisotopic (exact) mass is 803 g/mol. The number of halogens is 2. The number of carbonyl (C=O) groups excluding carboxylic acids is 4. The number of hydrogen-bond donors (Lipinski definition) is 3. The number of pyridine rings is 1. The number of carbonyl (C=O) groups is 4. The molecule has 3 aliphatic heterocycles. The van der Waals surface area contributed by atoms with Gasteiger partial charge in [-0.1, -0.05) is 26.0 Å². The Bertz CT molecular complexity index is 2070. The van der Waals surface area contributed by atoms with E-state index in [1.54, 1.807) is 20.8 Å². The van der Waals surface area contributed by atoms with Gasteiger partial charge in [-0.25, -0.2) is 18.2 Å². The molecule has 304 valence electrons. The summed E-state index contributed by atoms with van der Waals surface area (Å²) in [6, 6.07) is 1.87. The lowest BCUT2D eigenvalue weighted by molar-refractivity contribution is -0.286. The van der Waals surface area contributed by atoms with E-state index < -0.39 is 86.5 Å². The number of amides is 4. The summed E-state index contributed by atoms with van der Waals surface area (Å²) in [4.78, 5) is 61.7. The van der Waals surface area contributed by atoms with Gasteiger partial charge >= 0.3 is 12.4 Å². The molecule has 0 spiro atoms. The number of aromatic nitrogens is 1. The fourth-order valence-electron chi connectivity index (χ4n) is 7.82. The van der Waals surface area contributed by atoms with Crippen LogP contribution in [0.4, 0.5) is 13.6 Å². The summed E-state index contributed by atoms with van der Waals surface area (Å²) in [6.45, 7) is 8.80. The average molecular weight is 804 g/mol. The zero-order valence-corrected chi connectivity index (χ0v) is 32.6. The van der Waals surface area contributed by atoms with Crippen LogP contribution in [0, 0.1) is 17.8 Å². The SMILES string of the molecule is C[C@@H]1CC/C=C\[C@@H]2C[C@@]2(C(=O)NS(=O)(=O)C2CC2)NC(=O)[C@@H]2C[C@@H](Oc3nccc4c5c(ccc34)OC(F)(F)O5)CN2C(=O)[C@@H](NC(=O)OC(C)(C)C)[C@H](C)C1. The van der Waals surface area contributed by atoms with E-state index >= 15 is 0 Å². The van der Waals surface area contributed by atoms with Gasteiger partial charge in [-0.05, 0) is 89.3 Å². The first-order valence-electron chi connectivity index (χ1n) is 18.9. The Hall–Kier alpha value is -4.74. The van der Waals surface area contributed by atoms with Crippen LogP contribution in [0.3, 0.4) is 0 Å². The Morgan fingerprint density at radius 1 is 1.05 bits per heavy atom. The zero-order chi connectivity index (χ0) is 40.4. The van der Waals surface area contributed by atoms with Gasteiger partial charge < -0.3 is 34.5 Å². The van der Waals surface area contributed by atoms with Crippen molar-refractivity contribution in [2.45, 2.75) is 120 Å². The fourth-order valence-corrected chi connectivity index (χ4v) is 9.18. The predicted octanol–water partition coefficient (Wildman–Crippen LogP) is 4.29. The quantitative estimate of drug-likeness (QED) is 0.353. The highest BCUT2D eigenvalue weighted by Crippen LogP contribution is 2.48. The van der Waals surface area contributed by atoms with Crippen molar-refractivity contribution in [1.29, 1.82) is 0 Å². The molecule has 0 radical (unpaired) electrons. The van der Waals surface area contributed by atoms with Crippen molar-refractivity contribution < 1.29 is 55.3 Å². The smallest absolute Gasteiger partial charge is 0.472 e. The number of alkyl carbamates (subject to hydrolysis) is 1. The van der Waals surface area contributed by atoms with E-state index in [1.807, 2.05) is 26.0 Å². The predicted molar refractivity (Wildman–Crippen MR) is 196 cm³/mol. The largest absolute Gasteiger partial charge is 0.586 e. The average Bonchev–Trinajstić information content (AvgIpc) is 4.00. The lowest BCUT2D eigenvalue weighted by Crippen LogP contribution is -2.59. The molecule has 3 fully saturated rings. The van der Waals surface area contributed by atoms with E-state index in [0.717, 1.165) is 6.42 Å². The number of ether oxygens (including phenoxy) is 4. The molecule has 4 heterocycles. The second kappa shape index (κ2) is 14.3. The van der Waals surface area contributed by atoms with Gasteiger partial charge in [0.1, 0.15) is 29.3 Å². The second-order valence-corrected chi connectivity index (χ2v) is 18.6. The van der Waals surface area contributed by atoms with Crippen molar-refractivity contribution in [3.63, 3.8) is 0 Å². The third-order valence-electron chi connectivity index (χ3n) is 10.8. The molecule has 2 aliphatic carbocycles. The van der Waals surface area contributed by atoms with E-state index in [-0.39, 0.29) is 48.1 Å². The Morgan fingerprint density at radius 2 is 1.80 bits per heavy atom. The van der Waals surface area contributed by atoms with Gasteiger partial charge in [0.15, 0.2) is 11.5 Å². The fraction of sp³-hybridized carbons (Fsp3) is 0.605. The van der Waals surface area contributed by atoms with Gasteiger partial charge in [-0.2, -0.15) is 0 Å².